The van der Waals surface area contributed by atoms with Crippen LogP contribution in [0, 0.1) is 11.8 Å². The first-order chi connectivity index (χ1) is 9.56. The summed E-state index contributed by atoms with van der Waals surface area (Å²) in [5.41, 5.74) is 0. The van der Waals surface area contributed by atoms with E-state index in [1.54, 1.807) is 0 Å². The molecular weight excluding hydrogens is 256 g/mol. The molecule has 1 heterocycles. The molecule has 0 amide bonds. The second kappa shape index (κ2) is 7.04. The number of ether oxygens (including phenoxy) is 1. The van der Waals surface area contributed by atoms with Crippen molar-refractivity contribution < 1.29 is 19.7 Å². The fourth-order valence-corrected chi connectivity index (χ4v) is 3.10. The molecule has 2 rings (SSSR count). The maximum atomic E-state index is 11.6. The summed E-state index contributed by atoms with van der Waals surface area (Å²) >= 11 is 0. The molecule has 5 atom stereocenters. The number of allylic oxidation sites excluding steroid dienone is 2. The van der Waals surface area contributed by atoms with Crippen LogP contribution in [0.2, 0.25) is 0 Å². The van der Waals surface area contributed by atoms with Gasteiger partial charge in [-0.25, -0.2) is 4.79 Å². The predicted octanol–water partition coefficient (Wildman–Crippen LogP) is 1.96. The van der Waals surface area contributed by atoms with Gasteiger partial charge in [0.05, 0.1) is 18.3 Å². The highest BCUT2D eigenvalue weighted by molar-refractivity contribution is 5.82. The van der Waals surface area contributed by atoms with Crippen molar-refractivity contribution in [1.29, 1.82) is 0 Å². The maximum Gasteiger partial charge on any atom is 0.330 e. The fraction of sp³-hybridized carbons (Fsp3) is 0.688. The summed E-state index contributed by atoms with van der Waals surface area (Å²) in [5.74, 6) is -0.249. The quantitative estimate of drug-likeness (QED) is 0.526. The van der Waals surface area contributed by atoms with Gasteiger partial charge in [0.1, 0.15) is 0 Å². The third-order valence-electron chi connectivity index (χ3n) is 4.19. The largest absolute Gasteiger partial charge is 0.460 e. The molecule has 2 N–H and O–H groups in total. The normalized spacial score (nSPS) is 41.0. The summed E-state index contributed by atoms with van der Waals surface area (Å²) in [6, 6.07) is 0. The first-order valence-electron chi connectivity index (χ1n) is 7.48. The topological polar surface area (TPSA) is 66.8 Å². The zero-order chi connectivity index (χ0) is 14.5. The van der Waals surface area contributed by atoms with Gasteiger partial charge in [-0.15, -0.1) is 0 Å². The lowest BCUT2D eigenvalue weighted by Gasteiger charge is -2.19. The monoisotopic (exact) mass is 280 g/mol. The van der Waals surface area contributed by atoms with E-state index in [4.69, 9.17) is 4.74 Å². The molecule has 2 aliphatic rings. The fourth-order valence-electron chi connectivity index (χ4n) is 3.10. The Morgan fingerprint density at radius 3 is 2.85 bits per heavy atom. The summed E-state index contributed by atoms with van der Waals surface area (Å²) in [6.07, 6.45) is 9.87. The molecule has 0 aromatic rings. The smallest absolute Gasteiger partial charge is 0.330 e. The van der Waals surface area contributed by atoms with Crippen molar-refractivity contribution in [2.75, 3.05) is 0 Å². The lowest BCUT2D eigenvalue weighted by Crippen LogP contribution is -2.21. The molecule has 4 heteroatoms. The van der Waals surface area contributed by atoms with Gasteiger partial charge in [-0.05, 0) is 56.9 Å². The number of rotatable bonds is 0. The van der Waals surface area contributed by atoms with Gasteiger partial charge in [-0.3, -0.25) is 0 Å². The Morgan fingerprint density at radius 2 is 2.05 bits per heavy atom. The van der Waals surface area contributed by atoms with E-state index in [1.807, 2.05) is 6.92 Å². The van der Waals surface area contributed by atoms with Crippen LogP contribution < -0.4 is 0 Å². The molecule has 0 radical (unpaired) electrons. The number of aliphatic hydroxyl groups excluding tert-OH is 2. The van der Waals surface area contributed by atoms with Gasteiger partial charge in [0.25, 0.3) is 0 Å². The van der Waals surface area contributed by atoms with E-state index in [0.717, 1.165) is 19.3 Å². The standard InChI is InChI=1S/C16H24O4/c1-11-5-3-2-4-6-12-9-13(17)10-14(12)15(18)7-8-16(19)20-11/h4,6-8,11-15,17-18H,2-3,5,9-10H2,1H3/b6-4?,8-7+/t11-,12-,13+,14-,15+/m1/s1. The Hall–Kier alpha value is -1.13. The Kier molecular flexibility index (Phi) is 5.38. The first kappa shape index (κ1) is 15.3. The van der Waals surface area contributed by atoms with Crippen LogP contribution in [0.4, 0.5) is 0 Å². The molecule has 0 bridgehead atoms. The number of carbonyl (C=O) groups excluding carboxylic acids is 1. The second-order valence-corrected chi connectivity index (χ2v) is 5.91. The molecule has 1 aliphatic heterocycles. The van der Waals surface area contributed by atoms with E-state index in [2.05, 4.69) is 12.2 Å². The van der Waals surface area contributed by atoms with Gasteiger partial charge >= 0.3 is 5.97 Å². The van der Waals surface area contributed by atoms with E-state index in [0.29, 0.717) is 12.8 Å². The van der Waals surface area contributed by atoms with Crippen LogP contribution in [0.5, 0.6) is 0 Å². The highest BCUT2D eigenvalue weighted by Crippen LogP contribution is 2.36. The molecular formula is C16H24O4. The van der Waals surface area contributed by atoms with Crippen LogP contribution in [0.15, 0.2) is 24.3 Å². The molecule has 1 aliphatic carbocycles. The van der Waals surface area contributed by atoms with Crippen LogP contribution in [0.1, 0.15) is 39.0 Å². The molecule has 0 spiro atoms. The van der Waals surface area contributed by atoms with Crippen LogP contribution in [-0.4, -0.2) is 34.5 Å². The van der Waals surface area contributed by atoms with E-state index in [1.165, 1.54) is 12.2 Å². The second-order valence-electron chi connectivity index (χ2n) is 5.91. The molecule has 0 aromatic carbocycles. The summed E-state index contributed by atoms with van der Waals surface area (Å²) in [4.78, 5) is 11.6. The Morgan fingerprint density at radius 1 is 1.25 bits per heavy atom. The van der Waals surface area contributed by atoms with E-state index < -0.39 is 12.1 Å². The third kappa shape index (κ3) is 4.18. The average molecular weight is 280 g/mol. The molecule has 0 unspecified atom stereocenters. The zero-order valence-corrected chi connectivity index (χ0v) is 11.9. The summed E-state index contributed by atoms with van der Waals surface area (Å²) in [6.45, 7) is 1.89. The molecule has 1 fully saturated rings. The first-order valence-corrected chi connectivity index (χ1v) is 7.48. The Bertz CT molecular complexity index is 388. The van der Waals surface area contributed by atoms with E-state index in [9.17, 15) is 15.0 Å². The van der Waals surface area contributed by atoms with Gasteiger partial charge in [0, 0.05) is 6.08 Å². The van der Waals surface area contributed by atoms with Gasteiger partial charge < -0.3 is 14.9 Å². The molecule has 1 saturated carbocycles. The van der Waals surface area contributed by atoms with Gasteiger partial charge in [-0.1, -0.05) is 12.2 Å². The molecule has 0 saturated heterocycles. The molecule has 0 aromatic heterocycles. The minimum Gasteiger partial charge on any atom is -0.460 e. The number of carbonyl (C=O) groups is 1. The van der Waals surface area contributed by atoms with Crippen molar-refractivity contribution in [2.24, 2.45) is 11.8 Å². The predicted molar refractivity (Wildman–Crippen MR) is 75.9 cm³/mol. The third-order valence-corrected chi connectivity index (χ3v) is 4.19. The number of hydrogen-bond acceptors (Lipinski definition) is 4. The number of hydrogen-bond donors (Lipinski definition) is 2. The van der Waals surface area contributed by atoms with Gasteiger partial charge in [-0.2, -0.15) is 0 Å². The van der Waals surface area contributed by atoms with E-state index >= 15 is 0 Å². The van der Waals surface area contributed by atoms with Crippen molar-refractivity contribution in [1.82, 2.24) is 0 Å². The van der Waals surface area contributed by atoms with Crippen LogP contribution in [0.3, 0.4) is 0 Å². The summed E-state index contributed by atoms with van der Waals surface area (Å²) in [5, 5.41) is 20.0. The summed E-state index contributed by atoms with van der Waals surface area (Å²) in [7, 11) is 0. The molecule has 112 valence electrons. The number of esters is 1. The lowest BCUT2D eigenvalue weighted by atomic mass is 9.90. The van der Waals surface area contributed by atoms with Gasteiger partial charge in [0.2, 0.25) is 0 Å². The summed E-state index contributed by atoms with van der Waals surface area (Å²) < 4.78 is 5.23. The Balaban J connectivity index is 2.11. The van der Waals surface area contributed by atoms with Crippen LogP contribution in [0.25, 0.3) is 0 Å². The Labute approximate surface area is 120 Å². The number of aliphatic hydroxyl groups is 2. The van der Waals surface area contributed by atoms with Crippen LogP contribution in [-0.2, 0) is 9.53 Å². The minimum absolute atomic E-state index is 0.0246. The molecule has 20 heavy (non-hydrogen) atoms. The van der Waals surface area contributed by atoms with E-state index in [-0.39, 0.29) is 24.0 Å². The van der Waals surface area contributed by atoms with Crippen molar-refractivity contribution >= 4 is 5.97 Å². The minimum atomic E-state index is -0.717. The maximum absolute atomic E-state index is 11.6. The number of cyclic esters (lactones) is 1. The molecule has 4 nitrogen and oxygen atoms in total. The van der Waals surface area contributed by atoms with Crippen LogP contribution >= 0.6 is 0 Å². The average Bonchev–Trinajstić information content (AvgIpc) is 2.76. The number of fused-ring (bicyclic) bond motifs is 1. The van der Waals surface area contributed by atoms with Crippen molar-refractivity contribution in [3.05, 3.63) is 24.3 Å². The van der Waals surface area contributed by atoms with Crippen molar-refractivity contribution in [2.45, 2.75) is 57.3 Å². The lowest BCUT2D eigenvalue weighted by molar-refractivity contribution is -0.142. The van der Waals surface area contributed by atoms with Gasteiger partial charge in [0.15, 0.2) is 0 Å². The SMILES string of the molecule is C[C@@H]1CCCC=C[C@@H]2C[C@H](O)C[C@H]2[C@@H](O)/C=C/C(=O)O1. The zero-order valence-electron chi connectivity index (χ0n) is 11.9. The van der Waals surface area contributed by atoms with Crippen molar-refractivity contribution in [3.63, 3.8) is 0 Å². The highest BCUT2D eigenvalue weighted by atomic mass is 16.5. The van der Waals surface area contributed by atoms with Crippen molar-refractivity contribution in [3.8, 4) is 0 Å². The highest BCUT2D eigenvalue weighted by Gasteiger charge is 2.35.